The van der Waals surface area contributed by atoms with Gasteiger partial charge in [0.2, 0.25) is 5.91 Å². The molecule has 7 heteroatoms. The van der Waals surface area contributed by atoms with Crippen molar-refractivity contribution in [3.05, 3.63) is 48.3 Å². The van der Waals surface area contributed by atoms with Gasteiger partial charge in [0.25, 0.3) is 10.0 Å². The van der Waals surface area contributed by atoms with Crippen LogP contribution in [0.3, 0.4) is 0 Å². The summed E-state index contributed by atoms with van der Waals surface area (Å²) in [6.45, 7) is 2.24. The lowest BCUT2D eigenvalue weighted by atomic mass is 10.0. The van der Waals surface area contributed by atoms with Gasteiger partial charge in [0, 0.05) is 17.7 Å². The molecule has 138 valence electrons. The molecule has 3 rings (SSSR count). The van der Waals surface area contributed by atoms with Gasteiger partial charge in [0.1, 0.15) is 12.4 Å². The summed E-state index contributed by atoms with van der Waals surface area (Å²) in [6.07, 6.45) is 2.88. The first-order valence-electron chi connectivity index (χ1n) is 8.63. The van der Waals surface area contributed by atoms with E-state index in [-0.39, 0.29) is 17.3 Å². The lowest BCUT2D eigenvalue weighted by Gasteiger charge is -2.31. The Kier molecular flexibility index (Phi) is 5.27. The SMILES string of the molecule is CCCCCNC(=O)CN1c2ccc(F)cc2-c2ccccc2S1(=O)=O. The molecule has 0 spiro atoms. The zero-order chi connectivity index (χ0) is 18.7. The molecule has 0 atom stereocenters. The molecule has 0 fully saturated rings. The number of amides is 1. The molecule has 0 unspecified atom stereocenters. The molecule has 2 aromatic carbocycles. The number of sulfonamides is 1. The molecular formula is C19H21FN2O3S. The van der Waals surface area contributed by atoms with Crippen molar-refractivity contribution < 1.29 is 17.6 Å². The van der Waals surface area contributed by atoms with E-state index in [0.29, 0.717) is 23.4 Å². The van der Waals surface area contributed by atoms with Crippen LogP contribution in [-0.4, -0.2) is 27.4 Å². The topological polar surface area (TPSA) is 66.5 Å². The predicted octanol–water partition coefficient (Wildman–Crippen LogP) is 3.31. The third-order valence-corrected chi connectivity index (χ3v) is 6.18. The van der Waals surface area contributed by atoms with Crippen LogP contribution in [0.2, 0.25) is 0 Å². The summed E-state index contributed by atoms with van der Waals surface area (Å²) in [6, 6.07) is 10.4. The van der Waals surface area contributed by atoms with E-state index < -0.39 is 15.8 Å². The smallest absolute Gasteiger partial charge is 0.265 e. The first-order valence-corrected chi connectivity index (χ1v) is 10.1. The van der Waals surface area contributed by atoms with Crippen LogP contribution in [0, 0.1) is 5.82 Å². The number of benzene rings is 2. The summed E-state index contributed by atoms with van der Waals surface area (Å²) >= 11 is 0. The van der Waals surface area contributed by atoms with Crippen LogP contribution >= 0.6 is 0 Å². The second kappa shape index (κ2) is 7.45. The second-order valence-electron chi connectivity index (χ2n) is 6.23. The molecule has 0 aromatic heterocycles. The van der Waals surface area contributed by atoms with E-state index in [4.69, 9.17) is 0 Å². The lowest BCUT2D eigenvalue weighted by molar-refractivity contribution is -0.119. The van der Waals surface area contributed by atoms with Gasteiger partial charge in [-0.15, -0.1) is 0 Å². The molecule has 0 saturated heterocycles. The predicted molar refractivity (Wildman–Crippen MR) is 98.9 cm³/mol. The minimum absolute atomic E-state index is 0.0804. The third-order valence-electron chi connectivity index (χ3n) is 4.36. The highest BCUT2D eigenvalue weighted by atomic mass is 32.2. The average molecular weight is 376 g/mol. The molecule has 0 aliphatic carbocycles. The maximum Gasteiger partial charge on any atom is 0.265 e. The Balaban J connectivity index is 1.95. The van der Waals surface area contributed by atoms with Crippen LogP contribution in [0.1, 0.15) is 26.2 Å². The summed E-state index contributed by atoms with van der Waals surface area (Å²) in [5.41, 5.74) is 1.23. The Morgan fingerprint density at radius 3 is 2.65 bits per heavy atom. The number of anilines is 1. The van der Waals surface area contributed by atoms with Crippen molar-refractivity contribution in [3.8, 4) is 11.1 Å². The van der Waals surface area contributed by atoms with Crippen LogP contribution in [0.5, 0.6) is 0 Å². The Bertz CT molecular complexity index is 928. The largest absolute Gasteiger partial charge is 0.355 e. The van der Waals surface area contributed by atoms with Crippen molar-refractivity contribution in [3.63, 3.8) is 0 Å². The molecule has 0 radical (unpaired) electrons. The lowest BCUT2D eigenvalue weighted by Crippen LogP contribution is -2.42. The van der Waals surface area contributed by atoms with Gasteiger partial charge in [-0.1, -0.05) is 38.0 Å². The quantitative estimate of drug-likeness (QED) is 0.787. The van der Waals surface area contributed by atoms with Crippen molar-refractivity contribution in [2.24, 2.45) is 0 Å². The van der Waals surface area contributed by atoms with Crippen LogP contribution in [0.25, 0.3) is 11.1 Å². The number of hydrogen-bond acceptors (Lipinski definition) is 3. The van der Waals surface area contributed by atoms with Crippen molar-refractivity contribution in [1.82, 2.24) is 5.32 Å². The Morgan fingerprint density at radius 2 is 1.88 bits per heavy atom. The van der Waals surface area contributed by atoms with Gasteiger partial charge in [-0.05, 0) is 30.7 Å². The number of halogens is 1. The third kappa shape index (κ3) is 3.44. The van der Waals surface area contributed by atoms with E-state index in [0.717, 1.165) is 23.6 Å². The Morgan fingerprint density at radius 1 is 1.12 bits per heavy atom. The van der Waals surface area contributed by atoms with Crippen LogP contribution < -0.4 is 9.62 Å². The fourth-order valence-electron chi connectivity index (χ4n) is 3.06. The number of nitrogens with zero attached hydrogens (tertiary/aromatic N) is 1. The fraction of sp³-hybridized carbons (Fsp3) is 0.316. The first kappa shape index (κ1) is 18.4. The van der Waals surface area contributed by atoms with Crippen molar-refractivity contribution >= 4 is 21.6 Å². The monoisotopic (exact) mass is 376 g/mol. The first-order chi connectivity index (χ1) is 12.4. The number of nitrogens with one attached hydrogen (secondary N) is 1. The molecule has 0 bridgehead atoms. The zero-order valence-electron chi connectivity index (χ0n) is 14.5. The molecule has 1 heterocycles. The Labute approximate surface area is 152 Å². The van der Waals surface area contributed by atoms with Crippen LogP contribution in [0.15, 0.2) is 47.4 Å². The van der Waals surface area contributed by atoms with Gasteiger partial charge >= 0.3 is 0 Å². The molecule has 1 N–H and O–H groups in total. The molecule has 1 aliphatic heterocycles. The van der Waals surface area contributed by atoms with Crippen molar-refractivity contribution in [2.75, 3.05) is 17.4 Å². The number of rotatable bonds is 6. The van der Waals surface area contributed by atoms with Gasteiger partial charge in [0.15, 0.2) is 0 Å². The zero-order valence-corrected chi connectivity index (χ0v) is 15.4. The minimum Gasteiger partial charge on any atom is -0.355 e. The van der Waals surface area contributed by atoms with Crippen LogP contribution in [-0.2, 0) is 14.8 Å². The van der Waals surface area contributed by atoms with E-state index in [1.54, 1.807) is 18.2 Å². The number of carbonyl (C=O) groups excluding carboxylic acids is 1. The highest BCUT2D eigenvalue weighted by molar-refractivity contribution is 7.93. The fourth-order valence-corrected chi connectivity index (χ4v) is 4.71. The summed E-state index contributed by atoms with van der Waals surface area (Å²) in [7, 11) is -3.89. The second-order valence-corrected chi connectivity index (χ2v) is 8.06. The van der Waals surface area contributed by atoms with E-state index >= 15 is 0 Å². The molecule has 1 amide bonds. The number of unbranched alkanes of at least 4 members (excludes halogenated alkanes) is 2. The van der Waals surface area contributed by atoms with E-state index in [1.807, 2.05) is 0 Å². The highest BCUT2D eigenvalue weighted by Crippen LogP contribution is 2.42. The molecule has 26 heavy (non-hydrogen) atoms. The highest BCUT2D eigenvalue weighted by Gasteiger charge is 2.35. The van der Waals surface area contributed by atoms with E-state index in [1.165, 1.54) is 24.3 Å². The molecule has 2 aromatic rings. The molecular weight excluding hydrogens is 355 g/mol. The van der Waals surface area contributed by atoms with Crippen molar-refractivity contribution in [1.29, 1.82) is 0 Å². The number of hydrogen-bond donors (Lipinski definition) is 1. The Hall–Kier alpha value is -2.41. The summed E-state index contributed by atoms with van der Waals surface area (Å²) in [5, 5.41) is 2.75. The number of carbonyl (C=O) groups is 1. The van der Waals surface area contributed by atoms with E-state index in [2.05, 4.69) is 12.2 Å². The van der Waals surface area contributed by atoms with Crippen molar-refractivity contribution in [2.45, 2.75) is 31.1 Å². The molecule has 0 saturated carbocycles. The van der Waals surface area contributed by atoms with Gasteiger partial charge in [0.05, 0.1) is 10.6 Å². The number of fused-ring (bicyclic) bond motifs is 3. The summed E-state index contributed by atoms with van der Waals surface area (Å²) < 4.78 is 40.8. The van der Waals surface area contributed by atoms with Gasteiger partial charge < -0.3 is 5.32 Å². The van der Waals surface area contributed by atoms with Gasteiger partial charge in [-0.25, -0.2) is 12.8 Å². The average Bonchev–Trinajstić information content (AvgIpc) is 2.63. The standard InChI is InChI=1S/C19H21FN2O3S/c1-2-3-6-11-21-19(23)13-22-17-10-9-14(20)12-16(17)15-7-4-5-8-18(15)26(22,24)25/h4-5,7-10,12H,2-3,6,11,13H2,1H3,(H,21,23). The normalized spacial score (nSPS) is 14.5. The van der Waals surface area contributed by atoms with Gasteiger partial charge in [-0.3, -0.25) is 9.10 Å². The van der Waals surface area contributed by atoms with Gasteiger partial charge in [-0.2, -0.15) is 0 Å². The minimum atomic E-state index is -3.89. The molecule has 5 nitrogen and oxygen atoms in total. The maximum atomic E-state index is 13.8. The summed E-state index contributed by atoms with van der Waals surface area (Å²) in [4.78, 5) is 12.3. The summed E-state index contributed by atoms with van der Waals surface area (Å²) in [5.74, 6) is -0.832. The van der Waals surface area contributed by atoms with E-state index in [9.17, 15) is 17.6 Å². The molecule has 1 aliphatic rings. The maximum absolute atomic E-state index is 13.8. The van der Waals surface area contributed by atoms with Crippen LogP contribution in [0.4, 0.5) is 10.1 Å².